The Hall–Kier alpha value is -0.660. The van der Waals surface area contributed by atoms with E-state index in [4.69, 9.17) is 0 Å². The van der Waals surface area contributed by atoms with Gasteiger partial charge in [0.2, 0.25) is 15.9 Å². The summed E-state index contributed by atoms with van der Waals surface area (Å²) >= 11 is 0. The van der Waals surface area contributed by atoms with Crippen LogP contribution in [0.15, 0.2) is 0 Å². The van der Waals surface area contributed by atoms with E-state index in [0.717, 1.165) is 0 Å². The molecule has 1 amide bonds. The van der Waals surface area contributed by atoms with Crippen molar-refractivity contribution in [1.29, 1.82) is 0 Å². The molecular formula is C12H25N3O3S. The smallest absolute Gasteiger partial charge is 0.221 e. The van der Waals surface area contributed by atoms with Crippen molar-refractivity contribution >= 4 is 15.9 Å². The van der Waals surface area contributed by atoms with Gasteiger partial charge in [0.05, 0.1) is 5.75 Å². The molecule has 0 saturated carbocycles. The maximum absolute atomic E-state index is 11.9. The fourth-order valence-electron chi connectivity index (χ4n) is 2.20. The van der Waals surface area contributed by atoms with Gasteiger partial charge in [-0.15, -0.1) is 0 Å². The van der Waals surface area contributed by atoms with Crippen LogP contribution in [0.3, 0.4) is 0 Å². The number of rotatable bonds is 7. The molecule has 6 nitrogen and oxygen atoms in total. The van der Waals surface area contributed by atoms with Gasteiger partial charge < -0.3 is 10.6 Å². The molecule has 1 saturated heterocycles. The number of hydrogen-bond donors (Lipinski definition) is 2. The maximum Gasteiger partial charge on any atom is 0.221 e. The van der Waals surface area contributed by atoms with Crippen LogP contribution in [-0.4, -0.2) is 57.1 Å². The molecule has 0 radical (unpaired) electrons. The lowest BCUT2D eigenvalue weighted by molar-refractivity contribution is -0.121. The average molecular weight is 291 g/mol. The van der Waals surface area contributed by atoms with Crippen molar-refractivity contribution in [3.8, 4) is 0 Å². The summed E-state index contributed by atoms with van der Waals surface area (Å²) in [5.74, 6) is 0.246. The first-order valence-electron chi connectivity index (χ1n) is 6.91. The van der Waals surface area contributed by atoms with Gasteiger partial charge in [0.25, 0.3) is 0 Å². The van der Waals surface area contributed by atoms with E-state index >= 15 is 0 Å². The Balaban J connectivity index is 2.35. The molecule has 0 aromatic heterocycles. The Labute approximate surface area is 116 Å². The van der Waals surface area contributed by atoms with Crippen molar-refractivity contribution in [3.63, 3.8) is 0 Å². The van der Waals surface area contributed by atoms with E-state index < -0.39 is 10.0 Å². The van der Waals surface area contributed by atoms with Crippen molar-refractivity contribution in [1.82, 2.24) is 14.9 Å². The van der Waals surface area contributed by atoms with Gasteiger partial charge in [0.1, 0.15) is 0 Å². The summed E-state index contributed by atoms with van der Waals surface area (Å²) in [6.07, 6.45) is 2.51. The van der Waals surface area contributed by atoms with E-state index in [-0.39, 0.29) is 17.7 Å². The number of hydrogen-bond acceptors (Lipinski definition) is 4. The zero-order valence-electron chi connectivity index (χ0n) is 11.8. The lowest BCUT2D eigenvalue weighted by atomic mass is 10.1. The minimum absolute atomic E-state index is 0.0317. The van der Waals surface area contributed by atoms with Crippen LogP contribution in [0, 0.1) is 0 Å². The topological polar surface area (TPSA) is 78.5 Å². The Morgan fingerprint density at radius 3 is 2.47 bits per heavy atom. The molecule has 1 rings (SSSR count). The third kappa shape index (κ3) is 5.46. The van der Waals surface area contributed by atoms with Crippen molar-refractivity contribution < 1.29 is 13.2 Å². The van der Waals surface area contributed by atoms with Crippen LogP contribution in [0.25, 0.3) is 0 Å². The molecule has 0 aliphatic carbocycles. The summed E-state index contributed by atoms with van der Waals surface area (Å²) in [6.45, 7) is 3.56. The van der Waals surface area contributed by atoms with Crippen molar-refractivity contribution in [2.24, 2.45) is 0 Å². The molecule has 7 heteroatoms. The molecule has 1 aliphatic rings. The summed E-state index contributed by atoms with van der Waals surface area (Å²) < 4.78 is 25.3. The zero-order valence-corrected chi connectivity index (χ0v) is 12.6. The average Bonchev–Trinajstić information content (AvgIpc) is 2.37. The number of amides is 1. The molecule has 0 spiro atoms. The summed E-state index contributed by atoms with van der Waals surface area (Å²) in [4.78, 5) is 11.6. The van der Waals surface area contributed by atoms with Crippen molar-refractivity contribution in [3.05, 3.63) is 0 Å². The number of carbonyl (C=O) groups is 1. The quantitative estimate of drug-likeness (QED) is 0.687. The minimum atomic E-state index is -3.09. The van der Waals surface area contributed by atoms with E-state index in [1.165, 1.54) is 0 Å². The molecule has 2 N–H and O–H groups in total. The number of sulfonamides is 1. The fourth-order valence-corrected chi connectivity index (χ4v) is 3.74. The Morgan fingerprint density at radius 2 is 1.95 bits per heavy atom. The van der Waals surface area contributed by atoms with Gasteiger partial charge in [-0.1, -0.05) is 6.92 Å². The monoisotopic (exact) mass is 291 g/mol. The Morgan fingerprint density at radius 1 is 1.32 bits per heavy atom. The second kappa shape index (κ2) is 7.81. The lowest BCUT2D eigenvalue weighted by Gasteiger charge is -2.31. The van der Waals surface area contributed by atoms with Gasteiger partial charge in [-0.3, -0.25) is 4.79 Å². The second-order valence-corrected chi connectivity index (χ2v) is 7.00. The third-order valence-electron chi connectivity index (χ3n) is 3.28. The normalized spacial score (nSPS) is 18.4. The molecule has 1 heterocycles. The van der Waals surface area contributed by atoms with E-state index in [9.17, 15) is 13.2 Å². The van der Waals surface area contributed by atoms with Gasteiger partial charge in [-0.05, 0) is 26.3 Å². The second-order valence-electron chi connectivity index (χ2n) is 4.91. The molecule has 0 unspecified atom stereocenters. The lowest BCUT2D eigenvalue weighted by Crippen LogP contribution is -2.47. The van der Waals surface area contributed by atoms with Gasteiger partial charge in [0.15, 0.2) is 0 Å². The van der Waals surface area contributed by atoms with Crippen LogP contribution in [0.1, 0.15) is 32.6 Å². The van der Waals surface area contributed by atoms with Crippen LogP contribution in [0.4, 0.5) is 0 Å². The van der Waals surface area contributed by atoms with Crippen LogP contribution in [0.5, 0.6) is 0 Å². The summed E-state index contributed by atoms with van der Waals surface area (Å²) in [7, 11) is -1.28. The molecule has 0 bridgehead atoms. The van der Waals surface area contributed by atoms with E-state index in [2.05, 4.69) is 10.6 Å². The molecule has 0 atom stereocenters. The predicted molar refractivity (Wildman–Crippen MR) is 75.4 cm³/mol. The van der Waals surface area contributed by atoms with Crippen molar-refractivity contribution in [2.75, 3.05) is 32.4 Å². The Bertz CT molecular complexity index is 376. The zero-order chi connectivity index (χ0) is 14.3. The molecule has 1 aliphatic heterocycles. The van der Waals surface area contributed by atoms with Crippen LogP contribution in [-0.2, 0) is 14.8 Å². The first-order valence-corrected chi connectivity index (χ1v) is 8.52. The molecule has 0 aromatic carbocycles. The van der Waals surface area contributed by atoms with Gasteiger partial charge in [-0.25, -0.2) is 12.7 Å². The van der Waals surface area contributed by atoms with E-state index in [1.807, 2.05) is 14.0 Å². The number of piperidine rings is 1. The van der Waals surface area contributed by atoms with Crippen molar-refractivity contribution in [2.45, 2.75) is 38.6 Å². The third-order valence-corrected chi connectivity index (χ3v) is 5.35. The summed E-state index contributed by atoms with van der Waals surface area (Å²) in [6, 6.07) is 0.109. The van der Waals surface area contributed by atoms with Crippen LogP contribution >= 0.6 is 0 Å². The molecule has 19 heavy (non-hydrogen) atoms. The summed E-state index contributed by atoms with van der Waals surface area (Å²) in [5, 5.41) is 5.89. The van der Waals surface area contributed by atoms with Crippen LogP contribution < -0.4 is 10.6 Å². The molecule has 0 aromatic rings. The molecule has 1 fully saturated rings. The first kappa shape index (κ1) is 16.4. The largest absolute Gasteiger partial charge is 0.353 e. The number of carbonyl (C=O) groups excluding carboxylic acids is 1. The van der Waals surface area contributed by atoms with Crippen LogP contribution in [0.2, 0.25) is 0 Å². The molecular weight excluding hydrogens is 266 g/mol. The highest BCUT2D eigenvalue weighted by atomic mass is 32.2. The van der Waals surface area contributed by atoms with Gasteiger partial charge >= 0.3 is 0 Å². The standard InChI is InChI=1S/C12H25N3O3S/c1-3-10-19(17,18)15-8-5-11(6-9-15)14-12(16)4-7-13-2/h11,13H,3-10H2,1-2H3,(H,14,16). The highest BCUT2D eigenvalue weighted by molar-refractivity contribution is 7.89. The van der Waals surface area contributed by atoms with Gasteiger partial charge in [0, 0.05) is 32.1 Å². The SMILES string of the molecule is CCCS(=O)(=O)N1CCC(NC(=O)CCNC)CC1. The first-order chi connectivity index (χ1) is 8.99. The summed E-state index contributed by atoms with van der Waals surface area (Å²) in [5.41, 5.74) is 0. The highest BCUT2D eigenvalue weighted by Crippen LogP contribution is 2.15. The van der Waals surface area contributed by atoms with E-state index in [1.54, 1.807) is 4.31 Å². The van der Waals surface area contributed by atoms with Gasteiger partial charge in [-0.2, -0.15) is 0 Å². The minimum Gasteiger partial charge on any atom is -0.353 e. The number of nitrogens with one attached hydrogen (secondary N) is 2. The molecule has 112 valence electrons. The Kier molecular flexibility index (Phi) is 6.74. The number of nitrogens with zero attached hydrogens (tertiary/aromatic N) is 1. The highest BCUT2D eigenvalue weighted by Gasteiger charge is 2.27. The van der Waals surface area contributed by atoms with E-state index in [0.29, 0.717) is 45.3 Å². The predicted octanol–water partition coefficient (Wildman–Crippen LogP) is -0.0837. The maximum atomic E-state index is 11.9. The fraction of sp³-hybridized carbons (Fsp3) is 0.917.